The molecule has 0 radical (unpaired) electrons. The minimum Gasteiger partial charge on any atom is -0.369 e. The quantitative estimate of drug-likeness (QED) is 0.805. The molecule has 1 heterocycles. The van der Waals surface area contributed by atoms with E-state index in [2.05, 4.69) is 15.3 Å². The second-order valence-corrected chi connectivity index (χ2v) is 3.77. The molecule has 0 unspecified atom stereocenters. The molecule has 1 fully saturated rings. The van der Waals surface area contributed by atoms with Crippen LogP contribution in [-0.4, -0.2) is 16.5 Å². The van der Waals surface area contributed by atoms with Gasteiger partial charge in [-0.3, -0.25) is 4.98 Å². The van der Waals surface area contributed by atoms with Crippen molar-refractivity contribution >= 4 is 17.4 Å². The van der Waals surface area contributed by atoms with Crippen molar-refractivity contribution in [2.75, 3.05) is 11.9 Å². The van der Waals surface area contributed by atoms with Gasteiger partial charge in [0.25, 0.3) is 0 Å². The topological polar surface area (TPSA) is 37.8 Å². The summed E-state index contributed by atoms with van der Waals surface area (Å²) in [6.07, 6.45) is 7.24. The molecular weight excluding hydrogens is 186 g/mol. The van der Waals surface area contributed by atoms with Gasteiger partial charge in [0.15, 0.2) is 0 Å². The highest BCUT2D eigenvalue weighted by Gasteiger charge is 2.20. The zero-order chi connectivity index (χ0) is 9.10. The second-order valence-electron chi connectivity index (χ2n) is 3.39. The van der Waals surface area contributed by atoms with Gasteiger partial charge in [-0.15, -0.1) is 0 Å². The van der Waals surface area contributed by atoms with Crippen LogP contribution in [0.15, 0.2) is 12.4 Å². The second kappa shape index (κ2) is 3.92. The maximum absolute atomic E-state index is 5.69. The van der Waals surface area contributed by atoms with E-state index in [1.807, 2.05) is 0 Å². The van der Waals surface area contributed by atoms with Gasteiger partial charge in [0.2, 0.25) is 0 Å². The third kappa shape index (κ3) is 2.84. The summed E-state index contributed by atoms with van der Waals surface area (Å²) < 4.78 is 0. The van der Waals surface area contributed by atoms with E-state index in [1.165, 1.54) is 25.5 Å². The minimum absolute atomic E-state index is 0.441. The third-order valence-corrected chi connectivity index (χ3v) is 2.34. The van der Waals surface area contributed by atoms with Crippen LogP contribution in [0.1, 0.15) is 19.3 Å². The Morgan fingerprint density at radius 1 is 1.46 bits per heavy atom. The molecule has 0 aromatic carbocycles. The summed E-state index contributed by atoms with van der Waals surface area (Å²) in [5.74, 6) is 1.72. The van der Waals surface area contributed by atoms with E-state index in [1.54, 1.807) is 6.20 Å². The predicted octanol–water partition coefficient (Wildman–Crippen LogP) is 2.34. The van der Waals surface area contributed by atoms with Crippen molar-refractivity contribution < 1.29 is 0 Å². The van der Waals surface area contributed by atoms with Crippen LogP contribution in [-0.2, 0) is 0 Å². The number of rotatable bonds is 4. The predicted molar refractivity (Wildman–Crippen MR) is 52.9 cm³/mol. The molecule has 0 atom stereocenters. The van der Waals surface area contributed by atoms with Crippen LogP contribution < -0.4 is 5.32 Å². The lowest BCUT2D eigenvalue weighted by molar-refractivity contribution is 0.758. The van der Waals surface area contributed by atoms with Gasteiger partial charge in [-0.1, -0.05) is 24.4 Å². The molecule has 1 aliphatic rings. The Labute approximate surface area is 82.5 Å². The highest BCUT2D eigenvalue weighted by Crippen LogP contribution is 2.31. The Kier molecular flexibility index (Phi) is 2.64. The van der Waals surface area contributed by atoms with E-state index in [-0.39, 0.29) is 0 Å². The van der Waals surface area contributed by atoms with Gasteiger partial charge < -0.3 is 5.32 Å². The van der Waals surface area contributed by atoms with Gasteiger partial charge in [-0.2, -0.15) is 0 Å². The van der Waals surface area contributed by atoms with E-state index in [9.17, 15) is 0 Å². The van der Waals surface area contributed by atoms with Crippen LogP contribution in [0, 0.1) is 5.92 Å². The van der Waals surface area contributed by atoms with Crippen molar-refractivity contribution in [1.29, 1.82) is 0 Å². The van der Waals surface area contributed by atoms with Crippen molar-refractivity contribution in [2.45, 2.75) is 19.3 Å². The van der Waals surface area contributed by atoms with Crippen LogP contribution in [0.4, 0.5) is 5.82 Å². The number of hydrogen-bond acceptors (Lipinski definition) is 3. The first-order valence-electron chi connectivity index (χ1n) is 4.56. The Hall–Kier alpha value is -0.830. The first-order chi connectivity index (χ1) is 6.34. The maximum atomic E-state index is 5.69. The number of halogens is 1. The van der Waals surface area contributed by atoms with Crippen molar-refractivity contribution in [3.05, 3.63) is 17.5 Å². The Balaban J connectivity index is 1.79. The van der Waals surface area contributed by atoms with Crippen molar-refractivity contribution in [3.8, 4) is 0 Å². The molecule has 0 amide bonds. The molecule has 2 rings (SSSR count). The van der Waals surface area contributed by atoms with Gasteiger partial charge in [-0.05, 0) is 12.3 Å². The molecule has 1 N–H and O–H groups in total. The zero-order valence-electron chi connectivity index (χ0n) is 7.33. The van der Waals surface area contributed by atoms with Gasteiger partial charge in [-0.25, -0.2) is 4.98 Å². The lowest BCUT2D eigenvalue weighted by atomic mass is 10.3. The number of nitrogens with one attached hydrogen (secondary N) is 1. The standard InChI is InChI=1S/C9H12ClN3/c10-8-5-11-6-9(13-8)12-4-3-7-1-2-7/h5-7H,1-4H2,(H,12,13). The van der Waals surface area contributed by atoms with Gasteiger partial charge >= 0.3 is 0 Å². The minimum atomic E-state index is 0.441. The summed E-state index contributed by atoms with van der Waals surface area (Å²) in [7, 11) is 0. The summed E-state index contributed by atoms with van der Waals surface area (Å²) in [6, 6.07) is 0. The molecule has 1 aliphatic carbocycles. The fourth-order valence-corrected chi connectivity index (χ4v) is 1.39. The number of aromatic nitrogens is 2. The molecule has 0 bridgehead atoms. The molecule has 1 aromatic rings. The number of anilines is 1. The average Bonchev–Trinajstić information content (AvgIpc) is 2.88. The first kappa shape index (κ1) is 8.75. The SMILES string of the molecule is Clc1cncc(NCCC2CC2)n1. The van der Waals surface area contributed by atoms with Crippen LogP contribution >= 0.6 is 11.6 Å². The summed E-state index contributed by atoms with van der Waals surface area (Å²) in [4.78, 5) is 8.02. The average molecular weight is 198 g/mol. The van der Waals surface area contributed by atoms with Gasteiger partial charge in [0, 0.05) is 6.54 Å². The molecule has 3 nitrogen and oxygen atoms in total. The van der Waals surface area contributed by atoms with Crippen LogP contribution in [0.2, 0.25) is 5.15 Å². The van der Waals surface area contributed by atoms with E-state index >= 15 is 0 Å². The summed E-state index contributed by atoms with van der Waals surface area (Å²) in [6.45, 7) is 0.972. The fraction of sp³-hybridized carbons (Fsp3) is 0.556. The molecule has 0 saturated heterocycles. The molecular formula is C9H12ClN3. The molecule has 13 heavy (non-hydrogen) atoms. The highest BCUT2D eigenvalue weighted by atomic mass is 35.5. The zero-order valence-corrected chi connectivity index (χ0v) is 8.09. The normalized spacial score (nSPS) is 15.8. The smallest absolute Gasteiger partial charge is 0.149 e. The summed E-state index contributed by atoms with van der Waals surface area (Å²) in [5, 5.41) is 3.64. The van der Waals surface area contributed by atoms with E-state index < -0.39 is 0 Å². The summed E-state index contributed by atoms with van der Waals surface area (Å²) in [5.41, 5.74) is 0. The number of nitrogens with zero attached hydrogens (tertiary/aromatic N) is 2. The van der Waals surface area contributed by atoms with Crippen LogP contribution in [0.25, 0.3) is 0 Å². The Bertz CT molecular complexity index is 286. The Morgan fingerprint density at radius 2 is 2.31 bits per heavy atom. The van der Waals surface area contributed by atoms with Crippen LogP contribution in [0.5, 0.6) is 0 Å². The highest BCUT2D eigenvalue weighted by molar-refractivity contribution is 6.29. The Morgan fingerprint density at radius 3 is 3.00 bits per heavy atom. The van der Waals surface area contributed by atoms with E-state index in [4.69, 9.17) is 11.6 Å². The van der Waals surface area contributed by atoms with Crippen molar-refractivity contribution in [3.63, 3.8) is 0 Å². The molecule has 0 aliphatic heterocycles. The maximum Gasteiger partial charge on any atom is 0.149 e. The van der Waals surface area contributed by atoms with Gasteiger partial charge in [0.05, 0.1) is 12.4 Å². The molecule has 1 aromatic heterocycles. The van der Waals surface area contributed by atoms with Gasteiger partial charge in [0.1, 0.15) is 11.0 Å². The summed E-state index contributed by atoms with van der Waals surface area (Å²) >= 11 is 5.69. The molecule has 0 spiro atoms. The first-order valence-corrected chi connectivity index (χ1v) is 4.94. The van der Waals surface area contributed by atoms with Crippen molar-refractivity contribution in [2.24, 2.45) is 5.92 Å². The largest absolute Gasteiger partial charge is 0.369 e. The third-order valence-electron chi connectivity index (χ3n) is 2.16. The van der Waals surface area contributed by atoms with E-state index in [0.717, 1.165) is 18.3 Å². The molecule has 1 saturated carbocycles. The number of hydrogen-bond donors (Lipinski definition) is 1. The lowest BCUT2D eigenvalue weighted by Crippen LogP contribution is -2.04. The molecule has 70 valence electrons. The lowest BCUT2D eigenvalue weighted by Gasteiger charge is -2.03. The fourth-order valence-electron chi connectivity index (χ4n) is 1.24. The van der Waals surface area contributed by atoms with Crippen LogP contribution in [0.3, 0.4) is 0 Å². The van der Waals surface area contributed by atoms with Crippen molar-refractivity contribution in [1.82, 2.24) is 9.97 Å². The van der Waals surface area contributed by atoms with E-state index in [0.29, 0.717) is 5.15 Å². The molecule has 4 heteroatoms. The monoisotopic (exact) mass is 197 g/mol.